The van der Waals surface area contributed by atoms with Gasteiger partial charge in [0, 0.05) is 6.54 Å². The summed E-state index contributed by atoms with van der Waals surface area (Å²) in [6, 6.07) is 7.54. The van der Waals surface area contributed by atoms with Gasteiger partial charge >= 0.3 is 5.97 Å². The number of ether oxygens (including phenoxy) is 1. The van der Waals surface area contributed by atoms with Crippen LogP contribution in [-0.2, 0) is 6.54 Å². The highest BCUT2D eigenvalue weighted by Gasteiger charge is 2.17. The van der Waals surface area contributed by atoms with E-state index in [2.05, 4.69) is 4.98 Å². The first kappa shape index (κ1) is 13.1. The SMILES string of the molecule is COc1ccc(Cn2c(C)nc(C)c2C(=O)O)cc1. The van der Waals surface area contributed by atoms with E-state index in [0.29, 0.717) is 18.1 Å². The summed E-state index contributed by atoms with van der Waals surface area (Å²) in [6.07, 6.45) is 0. The van der Waals surface area contributed by atoms with Crippen LogP contribution in [0.1, 0.15) is 27.6 Å². The molecule has 2 rings (SSSR count). The molecular formula is C14H16N2O3. The average molecular weight is 260 g/mol. The molecule has 0 radical (unpaired) electrons. The molecule has 0 atom stereocenters. The summed E-state index contributed by atoms with van der Waals surface area (Å²) < 4.78 is 6.80. The Balaban J connectivity index is 2.34. The van der Waals surface area contributed by atoms with Gasteiger partial charge in [-0.25, -0.2) is 9.78 Å². The van der Waals surface area contributed by atoms with E-state index >= 15 is 0 Å². The summed E-state index contributed by atoms with van der Waals surface area (Å²) in [4.78, 5) is 15.5. The standard InChI is InChI=1S/C14H16N2O3/c1-9-13(14(17)18)16(10(2)15-9)8-11-4-6-12(19-3)7-5-11/h4-7H,8H2,1-3H3,(H,17,18). The largest absolute Gasteiger partial charge is 0.497 e. The van der Waals surface area contributed by atoms with E-state index in [1.165, 1.54) is 0 Å². The van der Waals surface area contributed by atoms with E-state index in [1.807, 2.05) is 31.2 Å². The lowest BCUT2D eigenvalue weighted by atomic mass is 10.2. The molecular weight excluding hydrogens is 244 g/mol. The van der Waals surface area contributed by atoms with E-state index < -0.39 is 5.97 Å². The van der Waals surface area contributed by atoms with Gasteiger partial charge in [0.05, 0.1) is 12.8 Å². The summed E-state index contributed by atoms with van der Waals surface area (Å²) in [6.45, 7) is 4.00. The van der Waals surface area contributed by atoms with Crippen LogP contribution in [0.3, 0.4) is 0 Å². The first-order valence-electron chi connectivity index (χ1n) is 5.93. The number of carboxylic acids is 1. The van der Waals surface area contributed by atoms with Gasteiger partial charge in [-0.1, -0.05) is 12.1 Å². The molecule has 0 spiro atoms. The first-order chi connectivity index (χ1) is 9.02. The molecule has 0 aliphatic heterocycles. The van der Waals surface area contributed by atoms with E-state index in [-0.39, 0.29) is 5.69 Å². The second-order valence-electron chi connectivity index (χ2n) is 4.33. The summed E-state index contributed by atoms with van der Waals surface area (Å²) in [5, 5.41) is 9.24. The summed E-state index contributed by atoms with van der Waals surface area (Å²) in [7, 11) is 1.61. The van der Waals surface area contributed by atoms with E-state index in [4.69, 9.17) is 4.74 Å². The zero-order chi connectivity index (χ0) is 14.0. The number of aryl methyl sites for hydroxylation is 2. The highest BCUT2D eigenvalue weighted by molar-refractivity contribution is 5.87. The fraction of sp³-hybridized carbons (Fsp3) is 0.286. The number of benzene rings is 1. The monoisotopic (exact) mass is 260 g/mol. The Morgan fingerprint density at radius 2 is 1.95 bits per heavy atom. The van der Waals surface area contributed by atoms with E-state index in [1.54, 1.807) is 18.6 Å². The zero-order valence-corrected chi connectivity index (χ0v) is 11.2. The third kappa shape index (κ3) is 2.59. The van der Waals surface area contributed by atoms with Gasteiger partial charge in [0.15, 0.2) is 5.69 Å². The van der Waals surface area contributed by atoms with E-state index in [9.17, 15) is 9.90 Å². The van der Waals surface area contributed by atoms with Crippen molar-refractivity contribution in [1.82, 2.24) is 9.55 Å². The number of methoxy groups -OCH3 is 1. The number of imidazole rings is 1. The lowest BCUT2D eigenvalue weighted by Crippen LogP contribution is -2.11. The second kappa shape index (κ2) is 5.14. The molecule has 0 aliphatic carbocycles. The Labute approximate surface area is 111 Å². The maximum atomic E-state index is 11.3. The molecule has 0 unspecified atom stereocenters. The highest BCUT2D eigenvalue weighted by atomic mass is 16.5. The quantitative estimate of drug-likeness (QED) is 0.915. The lowest BCUT2D eigenvalue weighted by molar-refractivity contribution is 0.0684. The minimum absolute atomic E-state index is 0.244. The molecule has 0 bridgehead atoms. The van der Waals surface area contributed by atoms with Gasteiger partial charge in [-0.2, -0.15) is 0 Å². The van der Waals surface area contributed by atoms with Crippen molar-refractivity contribution >= 4 is 5.97 Å². The predicted octanol–water partition coefficient (Wildman–Crippen LogP) is 2.26. The van der Waals surface area contributed by atoms with Crippen molar-refractivity contribution in [3.63, 3.8) is 0 Å². The van der Waals surface area contributed by atoms with Crippen molar-refractivity contribution in [2.75, 3.05) is 7.11 Å². The van der Waals surface area contributed by atoms with Gasteiger partial charge in [-0.05, 0) is 31.5 Å². The van der Waals surface area contributed by atoms with Crippen molar-refractivity contribution in [1.29, 1.82) is 0 Å². The van der Waals surface area contributed by atoms with Crippen LogP contribution in [0.15, 0.2) is 24.3 Å². The van der Waals surface area contributed by atoms with Crippen LogP contribution in [0.5, 0.6) is 5.75 Å². The molecule has 0 fully saturated rings. The molecule has 1 aromatic heterocycles. The third-order valence-electron chi connectivity index (χ3n) is 3.04. The maximum absolute atomic E-state index is 11.3. The van der Waals surface area contributed by atoms with Crippen LogP contribution in [-0.4, -0.2) is 27.7 Å². The smallest absolute Gasteiger partial charge is 0.354 e. The Hall–Kier alpha value is -2.30. The average Bonchev–Trinajstić information content (AvgIpc) is 2.65. The molecule has 1 aromatic carbocycles. The molecule has 0 saturated carbocycles. The fourth-order valence-electron chi connectivity index (χ4n) is 2.09. The number of hydrogen-bond donors (Lipinski definition) is 1. The number of carboxylic acid groups (broad SMARTS) is 1. The van der Waals surface area contributed by atoms with Crippen LogP contribution >= 0.6 is 0 Å². The summed E-state index contributed by atoms with van der Waals surface area (Å²) >= 11 is 0. The van der Waals surface area contributed by atoms with Crippen molar-refractivity contribution in [3.8, 4) is 5.75 Å². The molecule has 1 heterocycles. The first-order valence-corrected chi connectivity index (χ1v) is 5.93. The van der Waals surface area contributed by atoms with Crippen molar-refractivity contribution in [3.05, 3.63) is 47.0 Å². The molecule has 0 aliphatic rings. The maximum Gasteiger partial charge on any atom is 0.354 e. The predicted molar refractivity (Wildman–Crippen MR) is 70.8 cm³/mol. The molecule has 19 heavy (non-hydrogen) atoms. The Bertz CT molecular complexity index is 600. The Morgan fingerprint density at radius 3 is 2.47 bits per heavy atom. The lowest BCUT2D eigenvalue weighted by Gasteiger charge is -2.09. The number of rotatable bonds is 4. The molecule has 1 N–H and O–H groups in total. The third-order valence-corrected chi connectivity index (χ3v) is 3.04. The van der Waals surface area contributed by atoms with Crippen molar-refractivity contribution in [2.24, 2.45) is 0 Å². The molecule has 5 heteroatoms. The Morgan fingerprint density at radius 1 is 1.32 bits per heavy atom. The molecule has 2 aromatic rings. The van der Waals surface area contributed by atoms with Crippen LogP contribution in [0, 0.1) is 13.8 Å². The van der Waals surface area contributed by atoms with Gasteiger partial charge in [0.1, 0.15) is 11.6 Å². The topological polar surface area (TPSA) is 64.4 Å². The van der Waals surface area contributed by atoms with Crippen molar-refractivity contribution < 1.29 is 14.6 Å². The number of nitrogens with zero attached hydrogens (tertiary/aromatic N) is 2. The fourth-order valence-corrected chi connectivity index (χ4v) is 2.09. The van der Waals surface area contributed by atoms with Gasteiger partial charge < -0.3 is 14.4 Å². The van der Waals surface area contributed by atoms with Crippen LogP contribution in [0.25, 0.3) is 0 Å². The van der Waals surface area contributed by atoms with Gasteiger partial charge in [0.25, 0.3) is 0 Å². The summed E-state index contributed by atoms with van der Waals surface area (Å²) in [5.74, 6) is 0.526. The van der Waals surface area contributed by atoms with Gasteiger partial charge in [-0.15, -0.1) is 0 Å². The number of hydrogen-bond acceptors (Lipinski definition) is 3. The number of carbonyl (C=O) groups is 1. The molecule has 0 amide bonds. The normalized spacial score (nSPS) is 10.5. The van der Waals surface area contributed by atoms with Crippen LogP contribution in [0.2, 0.25) is 0 Å². The number of aromatic carboxylic acids is 1. The van der Waals surface area contributed by atoms with Crippen molar-refractivity contribution in [2.45, 2.75) is 20.4 Å². The Kier molecular flexibility index (Phi) is 3.55. The molecule has 5 nitrogen and oxygen atoms in total. The van der Waals surface area contributed by atoms with Crippen LogP contribution < -0.4 is 4.74 Å². The highest BCUT2D eigenvalue weighted by Crippen LogP contribution is 2.16. The zero-order valence-electron chi connectivity index (χ0n) is 11.2. The molecule has 0 saturated heterocycles. The molecule has 100 valence electrons. The van der Waals surface area contributed by atoms with E-state index in [0.717, 1.165) is 11.3 Å². The van der Waals surface area contributed by atoms with Gasteiger partial charge in [-0.3, -0.25) is 0 Å². The minimum Gasteiger partial charge on any atom is -0.497 e. The number of aromatic nitrogens is 2. The summed E-state index contributed by atoms with van der Waals surface area (Å²) in [5.41, 5.74) is 1.79. The van der Waals surface area contributed by atoms with Gasteiger partial charge in [0.2, 0.25) is 0 Å². The van der Waals surface area contributed by atoms with Crippen LogP contribution in [0.4, 0.5) is 0 Å². The second-order valence-corrected chi connectivity index (χ2v) is 4.33. The minimum atomic E-state index is -0.952.